The Kier molecular flexibility index (Phi) is 10.2. The summed E-state index contributed by atoms with van der Waals surface area (Å²) in [5.74, 6) is 4.66. The predicted octanol–water partition coefficient (Wildman–Crippen LogP) is -1.03. The molecule has 0 bridgehead atoms. The van der Waals surface area contributed by atoms with Crippen LogP contribution in [0.25, 0.3) is 0 Å². The number of carboxylic acid groups (broad SMARTS) is 1. The van der Waals surface area contributed by atoms with E-state index in [0.29, 0.717) is 6.54 Å². The highest BCUT2D eigenvalue weighted by atomic mass is 32.1. The van der Waals surface area contributed by atoms with E-state index in [2.05, 4.69) is 23.4 Å². The minimum absolute atomic E-state index is 0.116. The molecule has 0 aliphatic rings. The van der Waals surface area contributed by atoms with Crippen LogP contribution in [0.2, 0.25) is 0 Å². The second-order valence-electron chi connectivity index (χ2n) is 1.34. The Morgan fingerprint density at radius 3 is 2.09 bits per heavy atom. The van der Waals surface area contributed by atoms with Gasteiger partial charge in [-0.15, -0.1) is 0 Å². The number of hydrazine groups is 1. The third-order valence-electron chi connectivity index (χ3n) is 0.470. The van der Waals surface area contributed by atoms with E-state index in [-0.39, 0.29) is 5.11 Å². The average Bonchev–Trinajstić information content (AvgIpc) is 1.89. The van der Waals surface area contributed by atoms with Crippen LogP contribution in [0.15, 0.2) is 0 Å². The van der Waals surface area contributed by atoms with Gasteiger partial charge in [0.15, 0.2) is 5.11 Å². The van der Waals surface area contributed by atoms with Crippen LogP contribution in [-0.4, -0.2) is 22.9 Å². The van der Waals surface area contributed by atoms with Gasteiger partial charge in [0, 0.05) is 6.54 Å². The smallest absolute Gasteiger partial charge is 0.404 e. The van der Waals surface area contributed by atoms with Gasteiger partial charge in [0.05, 0.1) is 0 Å². The Hall–Kier alpha value is -1.08. The Morgan fingerprint density at radius 1 is 1.73 bits per heavy atom. The van der Waals surface area contributed by atoms with Gasteiger partial charge in [-0.2, -0.15) is 0 Å². The number of thiocarbonyl (C=S) groups is 1. The fourth-order valence-corrected chi connectivity index (χ4v) is 0.151. The van der Waals surface area contributed by atoms with Crippen LogP contribution in [0.1, 0.15) is 6.92 Å². The Labute approximate surface area is 69.9 Å². The standard InChI is InChI=1S/C3H7NO2.CH5N3S/c1-2-4-3(5)6;2-1(5)4-3/h4H,2H2,1H3,(H,5,6);3H2,(H3,2,4,5). The molecular formula is C4H12N4O2S. The molecule has 0 fully saturated rings. The summed E-state index contributed by atoms with van der Waals surface area (Å²) < 4.78 is 0. The maximum atomic E-state index is 9.49. The van der Waals surface area contributed by atoms with Crippen molar-refractivity contribution in [1.29, 1.82) is 0 Å². The first-order valence-corrected chi connectivity index (χ1v) is 3.18. The number of nitrogens with two attached hydrogens (primary N) is 2. The van der Waals surface area contributed by atoms with Crippen molar-refractivity contribution < 1.29 is 9.90 Å². The first kappa shape index (κ1) is 12.6. The summed E-state index contributed by atoms with van der Waals surface area (Å²) in [6, 6.07) is 0. The molecular weight excluding hydrogens is 168 g/mol. The summed E-state index contributed by atoms with van der Waals surface area (Å²) in [7, 11) is 0. The lowest BCUT2D eigenvalue weighted by molar-refractivity contribution is 0.195. The molecule has 0 aromatic heterocycles. The van der Waals surface area contributed by atoms with Gasteiger partial charge in [-0.3, -0.25) is 0 Å². The molecule has 11 heavy (non-hydrogen) atoms. The third kappa shape index (κ3) is 27.8. The molecule has 0 radical (unpaired) electrons. The van der Waals surface area contributed by atoms with Crippen molar-refractivity contribution in [2.75, 3.05) is 6.54 Å². The normalized spacial score (nSPS) is 7.09. The SMILES string of the molecule is CCNC(=O)O.NNC(N)=S. The number of rotatable bonds is 1. The lowest BCUT2D eigenvalue weighted by Gasteiger charge is -1.87. The van der Waals surface area contributed by atoms with E-state index < -0.39 is 6.09 Å². The van der Waals surface area contributed by atoms with Gasteiger partial charge in [-0.25, -0.2) is 10.6 Å². The van der Waals surface area contributed by atoms with E-state index in [1.807, 2.05) is 5.43 Å². The fourth-order valence-electron chi connectivity index (χ4n) is 0.151. The number of hydrogen-bond acceptors (Lipinski definition) is 3. The summed E-state index contributed by atoms with van der Waals surface area (Å²) in [6.45, 7) is 2.21. The predicted molar refractivity (Wildman–Crippen MR) is 45.8 cm³/mol. The molecule has 0 aliphatic carbocycles. The van der Waals surface area contributed by atoms with Gasteiger partial charge in [0.1, 0.15) is 0 Å². The largest absolute Gasteiger partial charge is 0.465 e. The summed E-state index contributed by atoms with van der Waals surface area (Å²) in [5.41, 5.74) is 6.82. The highest BCUT2D eigenvalue weighted by Gasteiger charge is 1.82. The first-order valence-electron chi connectivity index (χ1n) is 2.77. The van der Waals surface area contributed by atoms with Crippen molar-refractivity contribution in [2.45, 2.75) is 6.92 Å². The van der Waals surface area contributed by atoms with E-state index in [0.717, 1.165) is 0 Å². The second-order valence-corrected chi connectivity index (χ2v) is 1.78. The summed E-state index contributed by atoms with van der Waals surface area (Å²) in [5, 5.41) is 10.0. The van der Waals surface area contributed by atoms with Crippen LogP contribution in [0.3, 0.4) is 0 Å². The quantitative estimate of drug-likeness (QED) is 0.200. The zero-order valence-corrected chi connectivity index (χ0v) is 6.94. The summed E-state index contributed by atoms with van der Waals surface area (Å²) in [6.07, 6.45) is -0.961. The number of nitrogens with one attached hydrogen (secondary N) is 2. The highest BCUT2D eigenvalue weighted by molar-refractivity contribution is 7.80. The van der Waals surface area contributed by atoms with E-state index in [1.54, 1.807) is 6.92 Å². The van der Waals surface area contributed by atoms with Gasteiger partial charge >= 0.3 is 6.09 Å². The fraction of sp³-hybridized carbons (Fsp3) is 0.500. The summed E-state index contributed by atoms with van der Waals surface area (Å²) >= 11 is 4.24. The van der Waals surface area contributed by atoms with Crippen LogP contribution in [0.5, 0.6) is 0 Å². The highest BCUT2D eigenvalue weighted by Crippen LogP contribution is 1.54. The number of amides is 1. The molecule has 0 saturated heterocycles. The molecule has 0 spiro atoms. The zero-order valence-electron chi connectivity index (χ0n) is 6.13. The molecule has 0 atom stereocenters. The lowest BCUT2D eigenvalue weighted by Crippen LogP contribution is -2.34. The van der Waals surface area contributed by atoms with E-state index in [4.69, 9.17) is 10.8 Å². The molecule has 0 unspecified atom stereocenters. The summed E-state index contributed by atoms with van der Waals surface area (Å²) in [4.78, 5) is 9.49. The minimum Gasteiger partial charge on any atom is -0.465 e. The van der Waals surface area contributed by atoms with Crippen molar-refractivity contribution in [3.05, 3.63) is 0 Å². The zero-order chi connectivity index (χ0) is 9.28. The van der Waals surface area contributed by atoms with Gasteiger partial charge in [0.2, 0.25) is 0 Å². The van der Waals surface area contributed by atoms with Crippen LogP contribution < -0.4 is 22.3 Å². The topological polar surface area (TPSA) is 113 Å². The third-order valence-corrected chi connectivity index (χ3v) is 0.588. The van der Waals surface area contributed by atoms with Gasteiger partial charge in [0.25, 0.3) is 0 Å². The molecule has 0 heterocycles. The molecule has 66 valence electrons. The van der Waals surface area contributed by atoms with Crippen LogP contribution in [0, 0.1) is 0 Å². The van der Waals surface area contributed by atoms with E-state index >= 15 is 0 Å². The van der Waals surface area contributed by atoms with Crippen molar-refractivity contribution in [3.8, 4) is 0 Å². The molecule has 0 rings (SSSR count). The van der Waals surface area contributed by atoms with Crippen molar-refractivity contribution in [3.63, 3.8) is 0 Å². The van der Waals surface area contributed by atoms with E-state index in [9.17, 15) is 4.79 Å². The molecule has 7 heteroatoms. The molecule has 0 aliphatic heterocycles. The Bertz CT molecular complexity index is 129. The lowest BCUT2D eigenvalue weighted by atomic mass is 10.8. The van der Waals surface area contributed by atoms with Gasteiger partial charge in [-0.1, -0.05) is 0 Å². The van der Waals surface area contributed by atoms with Gasteiger partial charge < -0.3 is 21.6 Å². The maximum Gasteiger partial charge on any atom is 0.404 e. The molecule has 6 nitrogen and oxygen atoms in total. The van der Waals surface area contributed by atoms with E-state index in [1.165, 1.54) is 0 Å². The molecule has 0 aromatic rings. The molecule has 7 N–H and O–H groups in total. The van der Waals surface area contributed by atoms with Gasteiger partial charge in [-0.05, 0) is 19.1 Å². The van der Waals surface area contributed by atoms with Crippen LogP contribution in [0.4, 0.5) is 4.79 Å². The van der Waals surface area contributed by atoms with Crippen molar-refractivity contribution in [2.24, 2.45) is 11.6 Å². The van der Waals surface area contributed by atoms with Crippen LogP contribution >= 0.6 is 12.2 Å². The molecule has 1 amide bonds. The number of hydrogen-bond donors (Lipinski definition) is 5. The number of carbonyl (C=O) groups is 1. The Morgan fingerprint density at radius 2 is 2.09 bits per heavy atom. The minimum atomic E-state index is -0.961. The molecule has 0 aromatic carbocycles. The van der Waals surface area contributed by atoms with Crippen molar-refractivity contribution >= 4 is 23.4 Å². The van der Waals surface area contributed by atoms with Crippen molar-refractivity contribution in [1.82, 2.24) is 10.7 Å². The monoisotopic (exact) mass is 180 g/mol. The van der Waals surface area contributed by atoms with Crippen LogP contribution in [-0.2, 0) is 0 Å². The Balaban J connectivity index is 0. The average molecular weight is 180 g/mol. The second kappa shape index (κ2) is 8.92. The molecule has 0 saturated carbocycles. The first-order chi connectivity index (χ1) is 5.04. The maximum absolute atomic E-state index is 9.49.